The molecule has 2 rings (SSSR count). The molecule has 0 aliphatic heterocycles. The molecule has 1 atom stereocenters. The Bertz CT molecular complexity index is 951. The van der Waals surface area contributed by atoms with E-state index in [9.17, 15) is 9.59 Å². The van der Waals surface area contributed by atoms with Crippen molar-refractivity contribution in [2.75, 3.05) is 11.9 Å². The molecule has 0 aliphatic carbocycles. The highest BCUT2D eigenvalue weighted by Crippen LogP contribution is 2.35. The van der Waals surface area contributed by atoms with Crippen LogP contribution >= 0.6 is 15.9 Å². The van der Waals surface area contributed by atoms with Crippen molar-refractivity contribution >= 4 is 44.6 Å². The summed E-state index contributed by atoms with van der Waals surface area (Å²) in [4.78, 5) is 27.8. The lowest BCUT2D eigenvalue weighted by Crippen LogP contribution is -2.46. The summed E-state index contributed by atoms with van der Waals surface area (Å²) in [6.07, 6.45) is 1.36. The molecule has 0 aliphatic rings. The second-order valence-corrected chi connectivity index (χ2v) is 10.7. The van der Waals surface area contributed by atoms with Crippen molar-refractivity contribution in [3.63, 3.8) is 0 Å². The third-order valence-electron chi connectivity index (χ3n) is 4.70. The molecule has 0 bridgehead atoms. The molecule has 1 heterocycles. The highest BCUT2D eigenvalue weighted by Gasteiger charge is 2.33. The van der Waals surface area contributed by atoms with Crippen LogP contribution in [0.25, 0.3) is 10.9 Å². The van der Waals surface area contributed by atoms with Crippen LogP contribution < -0.4 is 4.90 Å². The minimum absolute atomic E-state index is 0.0236. The molecule has 1 aromatic carbocycles. The van der Waals surface area contributed by atoms with Crippen LogP contribution in [0.2, 0.25) is 0 Å². The standard InChI is InChI=1S/C24H35BrN2O4/c1-15(2)20(21(28)30-23(3,4)5)26(9)17-11-10-12-18-19(17)16(13-25)14-27(18)22(29)31-24(6,7)8/h10-12,14-15,20H,13H2,1-9H3/t20-/m0/s1. The number of halogens is 1. The molecular formula is C24H35BrN2O4. The quantitative estimate of drug-likeness (QED) is 0.369. The normalized spacial score (nSPS) is 13.4. The van der Waals surface area contributed by atoms with Gasteiger partial charge in [-0.25, -0.2) is 9.59 Å². The molecule has 0 spiro atoms. The van der Waals surface area contributed by atoms with Crippen LogP contribution in [0.1, 0.15) is 61.0 Å². The van der Waals surface area contributed by atoms with Crippen LogP contribution in [0.4, 0.5) is 10.5 Å². The zero-order chi connectivity index (χ0) is 23.7. The summed E-state index contributed by atoms with van der Waals surface area (Å²) in [6, 6.07) is 5.27. The SMILES string of the molecule is CC(C)[C@@H](C(=O)OC(C)(C)C)N(C)c1cccc2c1c(CBr)cn2C(=O)OC(C)(C)C. The maximum absolute atomic E-state index is 13.0. The van der Waals surface area contributed by atoms with Crippen molar-refractivity contribution in [2.24, 2.45) is 5.92 Å². The highest BCUT2D eigenvalue weighted by atomic mass is 79.9. The molecule has 0 saturated heterocycles. The summed E-state index contributed by atoms with van der Waals surface area (Å²) >= 11 is 3.54. The third kappa shape index (κ3) is 6.03. The number of benzene rings is 1. The van der Waals surface area contributed by atoms with E-state index in [2.05, 4.69) is 15.9 Å². The number of aromatic nitrogens is 1. The van der Waals surface area contributed by atoms with E-state index < -0.39 is 23.3 Å². The van der Waals surface area contributed by atoms with Crippen LogP contribution in [0, 0.1) is 5.92 Å². The van der Waals surface area contributed by atoms with E-state index in [1.165, 1.54) is 4.57 Å². The molecule has 172 valence electrons. The van der Waals surface area contributed by atoms with Gasteiger partial charge in [-0.1, -0.05) is 35.8 Å². The van der Waals surface area contributed by atoms with Crippen LogP contribution in [0.15, 0.2) is 24.4 Å². The van der Waals surface area contributed by atoms with E-state index >= 15 is 0 Å². The van der Waals surface area contributed by atoms with Gasteiger partial charge in [0.1, 0.15) is 17.2 Å². The van der Waals surface area contributed by atoms with Gasteiger partial charge in [-0.2, -0.15) is 0 Å². The van der Waals surface area contributed by atoms with Crippen molar-refractivity contribution in [1.82, 2.24) is 4.57 Å². The van der Waals surface area contributed by atoms with Gasteiger partial charge in [-0.3, -0.25) is 4.57 Å². The topological polar surface area (TPSA) is 60.8 Å². The predicted octanol–water partition coefficient (Wildman–Crippen LogP) is 6.12. The number of likely N-dealkylation sites (N-methyl/N-ethyl adjacent to an activating group) is 1. The molecule has 0 N–H and O–H groups in total. The molecule has 31 heavy (non-hydrogen) atoms. The van der Waals surface area contributed by atoms with Crippen molar-refractivity contribution < 1.29 is 19.1 Å². The molecule has 0 unspecified atom stereocenters. The summed E-state index contributed by atoms with van der Waals surface area (Å²) in [5, 5.41) is 1.46. The van der Waals surface area contributed by atoms with Gasteiger partial charge < -0.3 is 14.4 Å². The third-order valence-corrected chi connectivity index (χ3v) is 5.30. The predicted molar refractivity (Wildman–Crippen MR) is 129 cm³/mol. The summed E-state index contributed by atoms with van der Waals surface area (Å²) in [5.74, 6) is -0.246. The largest absolute Gasteiger partial charge is 0.458 e. The number of alkyl halides is 1. The minimum Gasteiger partial charge on any atom is -0.458 e. The number of carbonyl (C=O) groups is 2. The van der Waals surface area contributed by atoms with Crippen LogP contribution in [0.3, 0.4) is 0 Å². The summed E-state index contributed by atoms with van der Waals surface area (Å²) < 4.78 is 12.8. The van der Waals surface area contributed by atoms with Crippen molar-refractivity contribution in [2.45, 2.75) is 78.0 Å². The van der Waals surface area contributed by atoms with E-state index in [1.54, 1.807) is 6.20 Å². The average Bonchev–Trinajstić information content (AvgIpc) is 2.97. The van der Waals surface area contributed by atoms with Gasteiger partial charge in [0.15, 0.2) is 0 Å². The van der Waals surface area contributed by atoms with E-state index in [1.807, 2.05) is 85.5 Å². The molecule has 7 heteroatoms. The first-order valence-corrected chi connectivity index (χ1v) is 11.7. The second-order valence-electron chi connectivity index (χ2n) is 10.1. The fourth-order valence-corrected chi connectivity index (χ4v) is 4.02. The number of hydrogen-bond donors (Lipinski definition) is 0. The van der Waals surface area contributed by atoms with E-state index in [0.29, 0.717) is 5.33 Å². The number of carbonyl (C=O) groups excluding carboxylic acids is 2. The lowest BCUT2D eigenvalue weighted by Gasteiger charge is -2.34. The zero-order valence-corrected chi connectivity index (χ0v) is 21.7. The number of nitrogens with zero attached hydrogens (tertiary/aromatic N) is 2. The monoisotopic (exact) mass is 494 g/mol. The van der Waals surface area contributed by atoms with Gasteiger partial charge in [-0.15, -0.1) is 0 Å². The number of esters is 1. The van der Waals surface area contributed by atoms with Gasteiger partial charge in [0.25, 0.3) is 0 Å². The lowest BCUT2D eigenvalue weighted by molar-refractivity contribution is -0.157. The Morgan fingerprint density at radius 1 is 1.06 bits per heavy atom. The minimum atomic E-state index is -0.601. The van der Waals surface area contributed by atoms with E-state index in [-0.39, 0.29) is 11.9 Å². The number of hydrogen-bond acceptors (Lipinski definition) is 5. The van der Waals surface area contributed by atoms with Gasteiger partial charge in [0.2, 0.25) is 0 Å². The van der Waals surface area contributed by atoms with Crippen molar-refractivity contribution in [1.29, 1.82) is 0 Å². The fraction of sp³-hybridized carbons (Fsp3) is 0.583. The van der Waals surface area contributed by atoms with E-state index in [0.717, 1.165) is 22.2 Å². The first-order valence-electron chi connectivity index (χ1n) is 10.5. The van der Waals surface area contributed by atoms with Crippen molar-refractivity contribution in [3.8, 4) is 0 Å². The first kappa shape index (κ1) is 25.2. The number of anilines is 1. The highest BCUT2D eigenvalue weighted by molar-refractivity contribution is 9.08. The van der Waals surface area contributed by atoms with Crippen molar-refractivity contribution in [3.05, 3.63) is 30.0 Å². The maximum atomic E-state index is 13.0. The molecule has 0 fully saturated rings. The van der Waals surface area contributed by atoms with Crippen LogP contribution in [0.5, 0.6) is 0 Å². The Balaban J connectivity index is 2.59. The molecule has 6 nitrogen and oxygen atoms in total. The second kappa shape index (κ2) is 9.23. The zero-order valence-electron chi connectivity index (χ0n) is 20.1. The molecule has 0 saturated carbocycles. The Morgan fingerprint density at radius 3 is 2.13 bits per heavy atom. The fourth-order valence-electron chi connectivity index (χ4n) is 3.59. The molecule has 0 amide bonds. The smallest absolute Gasteiger partial charge is 0.419 e. The van der Waals surface area contributed by atoms with E-state index in [4.69, 9.17) is 9.47 Å². The summed E-state index contributed by atoms with van der Waals surface area (Å²) in [6.45, 7) is 15.1. The van der Waals surface area contributed by atoms with Gasteiger partial charge >= 0.3 is 12.1 Å². The number of rotatable bonds is 5. The number of fused-ring (bicyclic) bond motifs is 1. The lowest BCUT2D eigenvalue weighted by atomic mass is 10.0. The molecular weight excluding hydrogens is 460 g/mol. The van der Waals surface area contributed by atoms with Gasteiger partial charge in [-0.05, 0) is 65.2 Å². The summed E-state index contributed by atoms with van der Waals surface area (Å²) in [7, 11) is 1.90. The Morgan fingerprint density at radius 2 is 1.65 bits per heavy atom. The van der Waals surface area contributed by atoms with Gasteiger partial charge in [0, 0.05) is 29.6 Å². The molecule has 0 radical (unpaired) electrons. The molecule has 2 aromatic rings. The van der Waals surface area contributed by atoms with Gasteiger partial charge in [0.05, 0.1) is 5.52 Å². The Hall–Kier alpha value is -2.02. The maximum Gasteiger partial charge on any atom is 0.419 e. The first-order chi connectivity index (χ1) is 14.2. The summed E-state index contributed by atoms with van der Waals surface area (Å²) in [5.41, 5.74) is 1.36. The Labute approximate surface area is 194 Å². The Kier molecular flexibility index (Phi) is 7.51. The average molecular weight is 495 g/mol. The van der Waals surface area contributed by atoms with Crippen LogP contribution in [-0.2, 0) is 19.6 Å². The molecule has 1 aromatic heterocycles. The number of ether oxygens (including phenoxy) is 2. The van der Waals surface area contributed by atoms with Crippen LogP contribution in [-0.4, -0.2) is 40.9 Å².